The normalized spacial score (nSPS) is 26.7. The summed E-state index contributed by atoms with van der Waals surface area (Å²) in [6.07, 6.45) is 3.41. The van der Waals surface area contributed by atoms with E-state index in [4.69, 9.17) is 9.26 Å². The topological polar surface area (TPSA) is 60.2 Å². The highest BCUT2D eigenvalue weighted by Gasteiger charge is 2.29. The first-order valence-electron chi connectivity index (χ1n) is 5.10. The van der Waals surface area contributed by atoms with Gasteiger partial charge in [0, 0.05) is 12.5 Å². The minimum atomic E-state index is 0.336. The van der Waals surface area contributed by atoms with Crippen molar-refractivity contribution < 1.29 is 9.26 Å². The number of ether oxygens (including phenoxy) is 1. The Balaban J connectivity index is 1.64. The molecule has 1 unspecified atom stereocenters. The van der Waals surface area contributed by atoms with Crippen molar-refractivity contribution in [2.24, 2.45) is 0 Å². The molecule has 1 saturated carbocycles. The van der Waals surface area contributed by atoms with Gasteiger partial charge in [-0.1, -0.05) is 5.16 Å². The first-order valence-corrected chi connectivity index (χ1v) is 5.10. The predicted octanol–water partition coefficient (Wildman–Crippen LogP) is 1.15. The van der Waals surface area contributed by atoms with Crippen molar-refractivity contribution in [3.63, 3.8) is 0 Å². The fourth-order valence-electron chi connectivity index (χ4n) is 1.62. The average Bonchev–Trinajstić information content (AvgIpc) is 2.75. The van der Waals surface area contributed by atoms with Crippen LogP contribution < -0.4 is 5.32 Å². The molecule has 3 rings (SSSR count). The molecule has 14 heavy (non-hydrogen) atoms. The Hall–Kier alpha value is -1.10. The average molecular weight is 195 g/mol. The monoisotopic (exact) mass is 195 g/mol. The maximum absolute atomic E-state index is 5.24. The molecule has 0 bridgehead atoms. The molecular weight excluding hydrogens is 182 g/mol. The van der Waals surface area contributed by atoms with Gasteiger partial charge in [0.15, 0.2) is 5.82 Å². The highest BCUT2D eigenvalue weighted by Crippen LogP contribution is 2.38. The molecule has 1 aliphatic heterocycles. The summed E-state index contributed by atoms with van der Waals surface area (Å²) in [6.45, 7) is 1.56. The van der Waals surface area contributed by atoms with Gasteiger partial charge in [0.25, 0.3) is 0 Å². The maximum atomic E-state index is 5.24. The third kappa shape index (κ3) is 1.59. The fraction of sp³-hybridized carbons (Fsp3) is 0.778. The van der Waals surface area contributed by atoms with Gasteiger partial charge in [-0.3, -0.25) is 0 Å². The van der Waals surface area contributed by atoms with Crippen LogP contribution in [-0.2, 0) is 4.74 Å². The molecule has 0 radical (unpaired) electrons. The molecule has 0 spiro atoms. The van der Waals surface area contributed by atoms with Gasteiger partial charge in [0.2, 0.25) is 0 Å². The molecule has 2 fully saturated rings. The van der Waals surface area contributed by atoms with E-state index in [0.717, 1.165) is 25.5 Å². The van der Waals surface area contributed by atoms with E-state index in [-0.39, 0.29) is 0 Å². The van der Waals surface area contributed by atoms with Crippen molar-refractivity contribution in [2.75, 3.05) is 18.5 Å². The zero-order valence-electron chi connectivity index (χ0n) is 7.90. The molecule has 1 aliphatic carbocycles. The summed E-state index contributed by atoms with van der Waals surface area (Å²) in [4.78, 5) is 4.29. The van der Waals surface area contributed by atoms with E-state index < -0.39 is 0 Å². The molecule has 5 nitrogen and oxygen atoms in total. The molecule has 2 aliphatic rings. The highest BCUT2D eigenvalue weighted by molar-refractivity contribution is 5.22. The predicted molar refractivity (Wildman–Crippen MR) is 49.1 cm³/mol. The number of nitrogens with one attached hydrogen (secondary N) is 1. The van der Waals surface area contributed by atoms with E-state index in [1.165, 1.54) is 12.8 Å². The third-order valence-corrected chi connectivity index (χ3v) is 2.64. The van der Waals surface area contributed by atoms with E-state index >= 15 is 0 Å². The molecule has 5 heteroatoms. The second kappa shape index (κ2) is 3.24. The number of hydrogen-bond acceptors (Lipinski definition) is 5. The van der Waals surface area contributed by atoms with Crippen molar-refractivity contribution in [1.29, 1.82) is 0 Å². The maximum Gasteiger partial charge on any atom is 0.321 e. The number of anilines is 1. The van der Waals surface area contributed by atoms with Crippen LogP contribution in [0.3, 0.4) is 0 Å². The number of aromatic nitrogens is 2. The summed E-state index contributed by atoms with van der Waals surface area (Å²) in [7, 11) is 0. The van der Waals surface area contributed by atoms with Gasteiger partial charge in [-0.2, -0.15) is 4.98 Å². The summed E-state index contributed by atoms with van der Waals surface area (Å²) >= 11 is 0. The molecule has 1 N–H and O–H groups in total. The molecule has 0 amide bonds. The lowest BCUT2D eigenvalue weighted by atomic mass is 10.3. The molecule has 1 saturated heterocycles. The molecular formula is C9H13N3O2. The van der Waals surface area contributed by atoms with Crippen molar-refractivity contribution in [1.82, 2.24) is 10.1 Å². The van der Waals surface area contributed by atoms with Gasteiger partial charge >= 0.3 is 6.01 Å². The van der Waals surface area contributed by atoms with Gasteiger partial charge in [0.05, 0.1) is 12.6 Å². The Labute approximate surface area is 81.8 Å². The molecule has 1 aromatic heterocycles. The Bertz CT molecular complexity index is 316. The minimum absolute atomic E-state index is 0.336. The van der Waals surface area contributed by atoms with E-state index in [9.17, 15) is 0 Å². The van der Waals surface area contributed by atoms with Crippen LogP contribution in [0.2, 0.25) is 0 Å². The van der Waals surface area contributed by atoms with Gasteiger partial charge in [-0.05, 0) is 19.3 Å². The summed E-state index contributed by atoms with van der Waals surface area (Å²) < 4.78 is 10.3. The third-order valence-electron chi connectivity index (χ3n) is 2.64. The Morgan fingerprint density at radius 3 is 2.93 bits per heavy atom. The quantitative estimate of drug-likeness (QED) is 0.783. The number of nitrogens with zero attached hydrogens (tertiary/aromatic N) is 2. The smallest absolute Gasteiger partial charge is 0.321 e. The van der Waals surface area contributed by atoms with Crippen molar-refractivity contribution >= 4 is 6.01 Å². The van der Waals surface area contributed by atoms with Gasteiger partial charge in [-0.25, -0.2) is 0 Å². The van der Waals surface area contributed by atoms with Crippen LogP contribution in [0.15, 0.2) is 4.52 Å². The highest BCUT2D eigenvalue weighted by atomic mass is 16.5. The SMILES string of the molecule is C1CC(Nc2nc(C3CC3)no2)CO1. The number of rotatable bonds is 3. The zero-order chi connectivity index (χ0) is 9.38. The summed E-state index contributed by atoms with van der Waals surface area (Å²) in [5.41, 5.74) is 0. The lowest BCUT2D eigenvalue weighted by Gasteiger charge is -2.05. The lowest BCUT2D eigenvalue weighted by molar-refractivity contribution is 0.195. The summed E-state index contributed by atoms with van der Waals surface area (Å²) in [6, 6.07) is 0.880. The van der Waals surface area contributed by atoms with E-state index in [2.05, 4.69) is 15.5 Å². The van der Waals surface area contributed by atoms with E-state index in [1.807, 2.05) is 0 Å². The van der Waals surface area contributed by atoms with Gasteiger partial charge < -0.3 is 14.6 Å². The van der Waals surface area contributed by atoms with Crippen LogP contribution in [0, 0.1) is 0 Å². The fourth-order valence-corrected chi connectivity index (χ4v) is 1.62. The van der Waals surface area contributed by atoms with Crippen LogP contribution >= 0.6 is 0 Å². The Morgan fingerprint density at radius 2 is 2.21 bits per heavy atom. The van der Waals surface area contributed by atoms with Crippen LogP contribution in [0.5, 0.6) is 0 Å². The van der Waals surface area contributed by atoms with Crippen molar-refractivity contribution in [3.8, 4) is 0 Å². The zero-order valence-corrected chi connectivity index (χ0v) is 7.90. The Kier molecular flexibility index (Phi) is 1.90. The van der Waals surface area contributed by atoms with Crippen LogP contribution in [0.4, 0.5) is 6.01 Å². The standard InChI is InChI=1S/C9H13N3O2/c1-2-6(1)8-11-9(14-12-8)10-7-3-4-13-5-7/h6-7H,1-5H2,(H,10,11,12). The second-order valence-corrected chi connectivity index (χ2v) is 3.94. The first kappa shape index (κ1) is 8.23. The Morgan fingerprint density at radius 1 is 1.29 bits per heavy atom. The molecule has 1 atom stereocenters. The van der Waals surface area contributed by atoms with Crippen LogP contribution in [-0.4, -0.2) is 29.4 Å². The molecule has 76 valence electrons. The summed E-state index contributed by atoms with van der Waals surface area (Å²) in [5.74, 6) is 1.40. The van der Waals surface area contributed by atoms with Gasteiger partial charge in [-0.15, -0.1) is 0 Å². The second-order valence-electron chi connectivity index (χ2n) is 3.94. The first-order chi connectivity index (χ1) is 6.92. The summed E-state index contributed by atoms with van der Waals surface area (Å²) in [5, 5.41) is 7.11. The molecule has 1 aromatic rings. The van der Waals surface area contributed by atoms with E-state index in [0.29, 0.717) is 18.0 Å². The molecule has 2 heterocycles. The molecule has 0 aromatic carbocycles. The largest absolute Gasteiger partial charge is 0.379 e. The van der Waals surface area contributed by atoms with Gasteiger partial charge in [0.1, 0.15) is 0 Å². The minimum Gasteiger partial charge on any atom is -0.379 e. The van der Waals surface area contributed by atoms with Crippen molar-refractivity contribution in [2.45, 2.75) is 31.2 Å². The number of hydrogen-bond donors (Lipinski definition) is 1. The van der Waals surface area contributed by atoms with E-state index in [1.54, 1.807) is 0 Å². The van der Waals surface area contributed by atoms with Crippen molar-refractivity contribution in [3.05, 3.63) is 5.82 Å². The van der Waals surface area contributed by atoms with Crippen LogP contribution in [0.25, 0.3) is 0 Å². The van der Waals surface area contributed by atoms with Crippen LogP contribution in [0.1, 0.15) is 31.0 Å². The lowest BCUT2D eigenvalue weighted by Crippen LogP contribution is -2.18.